The van der Waals surface area contributed by atoms with E-state index in [1.54, 1.807) is 12.1 Å². The number of hydrogen-bond donors (Lipinski definition) is 1. The number of piperidine rings is 1. The number of aromatic nitrogens is 1. The van der Waals surface area contributed by atoms with Gasteiger partial charge in [0.25, 0.3) is 0 Å². The van der Waals surface area contributed by atoms with E-state index in [0.29, 0.717) is 5.75 Å². The molecule has 1 N–H and O–H groups in total. The molecule has 1 aromatic heterocycles. The molecule has 4 heteroatoms. The molecule has 5 rings (SSSR count). The van der Waals surface area contributed by atoms with Crippen LogP contribution < -0.4 is 4.74 Å². The normalized spacial score (nSPS) is 14.5. The van der Waals surface area contributed by atoms with Gasteiger partial charge < -0.3 is 14.4 Å². The Labute approximate surface area is 202 Å². The second-order valence-electron chi connectivity index (χ2n) is 9.23. The Morgan fingerprint density at radius 1 is 0.853 bits per heavy atom. The van der Waals surface area contributed by atoms with Gasteiger partial charge in [-0.15, -0.1) is 0 Å². The molecule has 1 saturated heterocycles. The topological polar surface area (TPSA) is 37.6 Å². The van der Waals surface area contributed by atoms with Gasteiger partial charge in [0.2, 0.25) is 0 Å². The highest BCUT2D eigenvalue weighted by Crippen LogP contribution is 2.35. The Morgan fingerprint density at radius 3 is 2.32 bits per heavy atom. The molecule has 1 aliphatic rings. The smallest absolute Gasteiger partial charge is 0.119 e. The van der Waals surface area contributed by atoms with Gasteiger partial charge in [-0.2, -0.15) is 0 Å². The van der Waals surface area contributed by atoms with Gasteiger partial charge >= 0.3 is 0 Å². The van der Waals surface area contributed by atoms with Gasteiger partial charge in [-0.25, -0.2) is 0 Å². The minimum absolute atomic E-state index is 0.292. The van der Waals surface area contributed by atoms with Crippen LogP contribution in [0, 0.1) is 0 Å². The van der Waals surface area contributed by atoms with Crippen molar-refractivity contribution < 1.29 is 9.84 Å². The molecule has 176 valence electrons. The van der Waals surface area contributed by atoms with Crippen LogP contribution in [0.5, 0.6) is 11.5 Å². The van der Waals surface area contributed by atoms with Gasteiger partial charge in [0, 0.05) is 24.0 Å². The molecular formula is C30H34N2O2. The molecule has 34 heavy (non-hydrogen) atoms. The van der Waals surface area contributed by atoms with Crippen molar-refractivity contribution in [2.45, 2.75) is 39.2 Å². The number of ether oxygens (including phenoxy) is 1. The molecule has 1 aliphatic heterocycles. The van der Waals surface area contributed by atoms with Crippen molar-refractivity contribution >= 4 is 10.9 Å². The number of phenols is 1. The van der Waals surface area contributed by atoms with Crippen molar-refractivity contribution in [3.63, 3.8) is 0 Å². The summed E-state index contributed by atoms with van der Waals surface area (Å²) in [5.74, 6) is 1.23. The van der Waals surface area contributed by atoms with Crippen LogP contribution in [0.1, 0.15) is 37.3 Å². The van der Waals surface area contributed by atoms with Crippen LogP contribution in [0.2, 0.25) is 0 Å². The SMILES string of the molecule is CCc1c(-c2ccc(O)cc2)n(Cc2ccc(OCCN3CCCCC3)cc2)c2ccccc12. The molecule has 1 fully saturated rings. The minimum atomic E-state index is 0.292. The summed E-state index contributed by atoms with van der Waals surface area (Å²) in [4.78, 5) is 2.51. The molecule has 0 spiro atoms. The number of rotatable bonds is 8. The summed E-state index contributed by atoms with van der Waals surface area (Å²) >= 11 is 0. The zero-order chi connectivity index (χ0) is 23.3. The molecule has 4 aromatic rings. The van der Waals surface area contributed by atoms with Crippen molar-refractivity contribution in [3.8, 4) is 22.8 Å². The van der Waals surface area contributed by atoms with Crippen molar-refractivity contribution in [2.75, 3.05) is 26.2 Å². The Kier molecular flexibility index (Phi) is 6.87. The van der Waals surface area contributed by atoms with Crippen LogP contribution in [0.4, 0.5) is 0 Å². The molecule has 3 aromatic carbocycles. The summed E-state index contributed by atoms with van der Waals surface area (Å²) in [6, 6.07) is 24.8. The maximum absolute atomic E-state index is 9.81. The predicted octanol–water partition coefficient (Wildman–Crippen LogP) is 6.49. The van der Waals surface area contributed by atoms with Crippen molar-refractivity contribution in [1.82, 2.24) is 9.47 Å². The monoisotopic (exact) mass is 454 g/mol. The van der Waals surface area contributed by atoms with Gasteiger partial charge in [0.1, 0.15) is 18.1 Å². The molecule has 0 bridgehead atoms. The number of aryl methyl sites for hydroxylation is 1. The van der Waals surface area contributed by atoms with E-state index in [4.69, 9.17) is 4.74 Å². The van der Waals surface area contributed by atoms with E-state index in [0.717, 1.165) is 37.4 Å². The van der Waals surface area contributed by atoms with Crippen LogP contribution in [-0.2, 0) is 13.0 Å². The summed E-state index contributed by atoms with van der Waals surface area (Å²) in [6.07, 6.45) is 4.94. The summed E-state index contributed by atoms with van der Waals surface area (Å²) < 4.78 is 8.45. The van der Waals surface area contributed by atoms with Crippen LogP contribution in [-0.4, -0.2) is 40.8 Å². The second kappa shape index (κ2) is 10.4. The van der Waals surface area contributed by atoms with Gasteiger partial charge in [-0.05, 0) is 91.5 Å². The number of aromatic hydroxyl groups is 1. The third kappa shape index (κ3) is 4.83. The van der Waals surface area contributed by atoms with E-state index in [9.17, 15) is 5.11 Å². The highest BCUT2D eigenvalue weighted by molar-refractivity contribution is 5.92. The van der Waals surface area contributed by atoms with Gasteiger partial charge in [-0.3, -0.25) is 4.90 Å². The fourth-order valence-electron chi connectivity index (χ4n) is 5.20. The van der Waals surface area contributed by atoms with Crippen LogP contribution in [0.15, 0.2) is 72.8 Å². The molecule has 2 heterocycles. The lowest BCUT2D eigenvalue weighted by Gasteiger charge is -2.26. The van der Waals surface area contributed by atoms with E-state index in [-0.39, 0.29) is 0 Å². The van der Waals surface area contributed by atoms with Crippen molar-refractivity contribution in [2.24, 2.45) is 0 Å². The van der Waals surface area contributed by atoms with Crippen LogP contribution >= 0.6 is 0 Å². The fourth-order valence-corrected chi connectivity index (χ4v) is 5.20. The van der Waals surface area contributed by atoms with E-state index in [1.165, 1.54) is 60.1 Å². The number of nitrogens with zero attached hydrogens (tertiary/aromatic N) is 2. The Balaban J connectivity index is 1.38. The standard InChI is InChI=1S/C30H34N2O2/c1-2-27-28-8-4-5-9-29(28)32(30(27)24-12-14-25(33)15-13-24)22-23-10-16-26(17-11-23)34-21-20-31-18-6-3-7-19-31/h4-5,8-17,33H,2-3,6-7,18-22H2,1H3. The molecule has 0 atom stereocenters. The summed E-state index contributed by atoms with van der Waals surface area (Å²) in [7, 11) is 0. The first-order valence-electron chi connectivity index (χ1n) is 12.6. The molecule has 4 nitrogen and oxygen atoms in total. The first kappa shape index (κ1) is 22.5. The van der Waals surface area contributed by atoms with Crippen molar-refractivity contribution in [1.29, 1.82) is 0 Å². The third-order valence-electron chi connectivity index (χ3n) is 6.96. The zero-order valence-corrected chi connectivity index (χ0v) is 20.0. The van der Waals surface area contributed by atoms with Crippen LogP contribution in [0.3, 0.4) is 0 Å². The number of fused-ring (bicyclic) bond motifs is 1. The molecular weight excluding hydrogens is 420 g/mol. The lowest BCUT2D eigenvalue weighted by atomic mass is 10.0. The molecule has 0 unspecified atom stereocenters. The Morgan fingerprint density at radius 2 is 1.59 bits per heavy atom. The van der Waals surface area contributed by atoms with E-state index >= 15 is 0 Å². The fraction of sp³-hybridized carbons (Fsp3) is 0.333. The Hall–Kier alpha value is -3.24. The lowest BCUT2D eigenvalue weighted by molar-refractivity contribution is 0.183. The summed E-state index contributed by atoms with van der Waals surface area (Å²) in [6.45, 7) is 7.16. The maximum atomic E-state index is 9.81. The lowest BCUT2D eigenvalue weighted by Crippen LogP contribution is -2.33. The third-order valence-corrected chi connectivity index (χ3v) is 6.96. The van der Waals surface area contributed by atoms with E-state index < -0.39 is 0 Å². The van der Waals surface area contributed by atoms with E-state index in [2.05, 4.69) is 64.9 Å². The number of benzene rings is 3. The van der Waals surface area contributed by atoms with Crippen molar-refractivity contribution in [3.05, 3.63) is 83.9 Å². The largest absolute Gasteiger partial charge is 0.508 e. The summed E-state index contributed by atoms with van der Waals surface area (Å²) in [5, 5.41) is 11.1. The Bertz CT molecular complexity index is 1220. The molecule has 0 saturated carbocycles. The molecule has 0 amide bonds. The minimum Gasteiger partial charge on any atom is -0.508 e. The average molecular weight is 455 g/mol. The highest BCUT2D eigenvalue weighted by atomic mass is 16.5. The number of likely N-dealkylation sites (tertiary alicyclic amines) is 1. The number of phenolic OH excluding ortho intramolecular Hbond substituents is 1. The number of hydrogen-bond acceptors (Lipinski definition) is 3. The van der Waals surface area contributed by atoms with Gasteiger partial charge in [-0.1, -0.05) is 43.7 Å². The average Bonchev–Trinajstić information content (AvgIpc) is 3.19. The first-order valence-corrected chi connectivity index (χ1v) is 12.6. The van der Waals surface area contributed by atoms with E-state index in [1.807, 2.05) is 12.1 Å². The maximum Gasteiger partial charge on any atom is 0.119 e. The predicted molar refractivity (Wildman–Crippen MR) is 140 cm³/mol. The quantitative estimate of drug-likeness (QED) is 0.331. The highest BCUT2D eigenvalue weighted by Gasteiger charge is 2.17. The molecule has 0 aliphatic carbocycles. The van der Waals surface area contributed by atoms with Gasteiger partial charge in [0.05, 0.1) is 5.69 Å². The zero-order valence-electron chi connectivity index (χ0n) is 20.0. The number of para-hydroxylation sites is 1. The second-order valence-corrected chi connectivity index (χ2v) is 9.23. The van der Waals surface area contributed by atoms with Crippen LogP contribution in [0.25, 0.3) is 22.2 Å². The molecule has 0 radical (unpaired) electrons. The van der Waals surface area contributed by atoms with Gasteiger partial charge in [0.15, 0.2) is 0 Å². The first-order chi connectivity index (χ1) is 16.7. The summed E-state index contributed by atoms with van der Waals surface area (Å²) in [5.41, 5.74) is 6.18.